The van der Waals surface area contributed by atoms with Crippen molar-refractivity contribution >= 4 is 23.0 Å². The van der Waals surface area contributed by atoms with Crippen LogP contribution < -0.4 is 11.1 Å². The number of hydrogen-bond acceptors (Lipinski definition) is 3. The zero-order valence-corrected chi connectivity index (χ0v) is 8.79. The van der Waals surface area contributed by atoms with Crippen LogP contribution in [-0.2, 0) is 6.54 Å². The Bertz CT molecular complexity index is 440. The number of benzene rings is 1. The molecule has 0 saturated heterocycles. The highest BCUT2D eigenvalue weighted by Crippen LogP contribution is 2.24. The van der Waals surface area contributed by atoms with E-state index in [-0.39, 0.29) is 0 Å². The molecule has 0 saturated carbocycles. The molecule has 1 aromatic heterocycles. The van der Waals surface area contributed by atoms with Crippen LogP contribution in [0.1, 0.15) is 5.56 Å². The molecule has 0 aliphatic rings. The summed E-state index contributed by atoms with van der Waals surface area (Å²) in [7, 11) is 0. The van der Waals surface area contributed by atoms with Gasteiger partial charge in [0.15, 0.2) is 0 Å². The first kappa shape index (κ1) is 9.93. The Kier molecular flexibility index (Phi) is 2.83. The maximum Gasteiger partial charge on any atom is 0.0952 e. The van der Waals surface area contributed by atoms with E-state index in [9.17, 15) is 0 Å². The van der Waals surface area contributed by atoms with Crippen molar-refractivity contribution in [2.24, 2.45) is 0 Å². The predicted octanol–water partition coefficient (Wildman–Crippen LogP) is 3.13. The summed E-state index contributed by atoms with van der Waals surface area (Å²) < 4.78 is 4.96. The molecule has 4 heteroatoms. The van der Waals surface area contributed by atoms with E-state index in [1.807, 2.05) is 18.2 Å². The van der Waals surface area contributed by atoms with Crippen LogP contribution in [0.4, 0.5) is 11.4 Å². The smallest absolute Gasteiger partial charge is 0.0952 e. The van der Waals surface area contributed by atoms with E-state index in [0.29, 0.717) is 17.3 Å². The summed E-state index contributed by atoms with van der Waals surface area (Å²) in [5, 5.41) is 3.82. The van der Waals surface area contributed by atoms with Gasteiger partial charge in [0.25, 0.3) is 0 Å². The molecule has 0 spiro atoms. The molecule has 0 aliphatic heterocycles. The molecular weight excluding hydrogens is 212 g/mol. The molecule has 0 radical (unpaired) electrons. The second-order valence-electron chi connectivity index (χ2n) is 3.22. The minimum atomic E-state index is 0.624. The van der Waals surface area contributed by atoms with Crippen molar-refractivity contribution in [1.82, 2.24) is 0 Å². The molecule has 0 atom stereocenters. The van der Waals surface area contributed by atoms with Crippen LogP contribution in [-0.4, -0.2) is 0 Å². The van der Waals surface area contributed by atoms with Crippen molar-refractivity contribution in [2.45, 2.75) is 6.54 Å². The van der Waals surface area contributed by atoms with E-state index in [2.05, 4.69) is 5.32 Å². The van der Waals surface area contributed by atoms with Crippen molar-refractivity contribution in [2.75, 3.05) is 11.1 Å². The molecular formula is C11H11ClN2O. The lowest BCUT2D eigenvalue weighted by atomic mass is 10.2. The number of nitrogens with one attached hydrogen (secondary N) is 1. The van der Waals surface area contributed by atoms with Gasteiger partial charge in [-0.15, -0.1) is 0 Å². The Morgan fingerprint density at radius 1 is 1.33 bits per heavy atom. The first-order chi connectivity index (χ1) is 7.25. The van der Waals surface area contributed by atoms with Crippen LogP contribution >= 0.6 is 11.6 Å². The molecule has 1 aromatic carbocycles. The SMILES string of the molecule is Nc1ccc(NCc2ccoc2)c(Cl)c1. The monoisotopic (exact) mass is 222 g/mol. The van der Waals surface area contributed by atoms with Gasteiger partial charge in [-0.2, -0.15) is 0 Å². The molecule has 1 heterocycles. The van der Waals surface area contributed by atoms with E-state index in [1.54, 1.807) is 18.6 Å². The van der Waals surface area contributed by atoms with Gasteiger partial charge in [0.05, 0.1) is 23.2 Å². The average Bonchev–Trinajstić information content (AvgIpc) is 2.69. The zero-order valence-electron chi connectivity index (χ0n) is 8.03. The van der Waals surface area contributed by atoms with Gasteiger partial charge in [0.2, 0.25) is 0 Å². The summed E-state index contributed by atoms with van der Waals surface area (Å²) in [5.41, 5.74) is 8.19. The van der Waals surface area contributed by atoms with E-state index in [1.165, 1.54) is 0 Å². The van der Waals surface area contributed by atoms with Crippen LogP contribution in [0.2, 0.25) is 5.02 Å². The fourth-order valence-corrected chi connectivity index (χ4v) is 1.52. The van der Waals surface area contributed by atoms with Crippen LogP contribution in [0.15, 0.2) is 41.2 Å². The van der Waals surface area contributed by atoms with E-state index in [4.69, 9.17) is 21.8 Å². The quantitative estimate of drug-likeness (QED) is 0.785. The molecule has 0 bridgehead atoms. The summed E-state index contributed by atoms with van der Waals surface area (Å²) in [4.78, 5) is 0. The fourth-order valence-electron chi connectivity index (χ4n) is 1.27. The minimum absolute atomic E-state index is 0.624. The number of nitrogen functional groups attached to an aromatic ring is 1. The number of hydrogen-bond donors (Lipinski definition) is 2. The van der Waals surface area contributed by atoms with Crippen molar-refractivity contribution in [3.05, 3.63) is 47.4 Å². The molecule has 0 amide bonds. The van der Waals surface area contributed by atoms with Crippen molar-refractivity contribution in [3.8, 4) is 0 Å². The van der Waals surface area contributed by atoms with Gasteiger partial charge in [-0.25, -0.2) is 0 Å². The maximum atomic E-state index is 6.00. The van der Waals surface area contributed by atoms with Gasteiger partial charge in [-0.1, -0.05) is 11.6 Å². The van der Waals surface area contributed by atoms with Crippen LogP contribution in [0.3, 0.4) is 0 Å². The lowest BCUT2D eigenvalue weighted by Gasteiger charge is -2.07. The highest BCUT2D eigenvalue weighted by molar-refractivity contribution is 6.33. The third-order valence-electron chi connectivity index (χ3n) is 2.06. The largest absolute Gasteiger partial charge is 0.472 e. The minimum Gasteiger partial charge on any atom is -0.472 e. The molecule has 0 unspecified atom stereocenters. The Hall–Kier alpha value is -1.61. The Morgan fingerprint density at radius 2 is 2.20 bits per heavy atom. The zero-order chi connectivity index (χ0) is 10.7. The van der Waals surface area contributed by atoms with Gasteiger partial charge in [-0.05, 0) is 24.3 Å². The van der Waals surface area contributed by atoms with E-state index < -0.39 is 0 Å². The van der Waals surface area contributed by atoms with E-state index >= 15 is 0 Å². The van der Waals surface area contributed by atoms with Crippen molar-refractivity contribution in [1.29, 1.82) is 0 Å². The van der Waals surface area contributed by atoms with E-state index in [0.717, 1.165) is 11.3 Å². The highest BCUT2D eigenvalue weighted by atomic mass is 35.5. The van der Waals surface area contributed by atoms with Gasteiger partial charge in [0, 0.05) is 17.8 Å². The Morgan fingerprint density at radius 3 is 2.87 bits per heavy atom. The van der Waals surface area contributed by atoms with Crippen LogP contribution in [0.5, 0.6) is 0 Å². The molecule has 0 fully saturated rings. The third-order valence-corrected chi connectivity index (χ3v) is 2.37. The summed E-state index contributed by atoms with van der Waals surface area (Å²) in [6, 6.07) is 7.29. The fraction of sp³-hybridized carbons (Fsp3) is 0.0909. The van der Waals surface area contributed by atoms with Gasteiger partial charge in [0.1, 0.15) is 0 Å². The van der Waals surface area contributed by atoms with Crippen LogP contribution in [0, 0.1) is 0 Å². The summed E-state index contributed by atoms with van der Waals surface area (Å²) in [6.45, 7) is 0.681. The molecule has 3 nitrogen and oxygen atoms in total. The number of halogens is 1. The summed E-state index contributed by atoms with van der Waals surface area (Å²) in [6.07, 6.45) is 3.33. The van der Waals surface area contributed by atoms with Gasteiger partial charge in [-0.3, -0.25) is 0 Å². The Balaban J connectivity index is 2.05. The summed E-state index contributed by atoms with van der Waals surface area (Å²) in [5.74, 6) is 0. The number of anilines is 2. The molecule has 0 aliphatic carbocycles. The number of rotatable bonds is 3. The number of nitrogens with two attached hydrogens (primary N) is 1. The highest BCUT2D eigenvalue weighted by Gasteiger charge is 2.00. The second kappa shape index (κ2) is 4.28. The lowest BCUT2D eigenvalue weighted by molar-refractivity contribution is 0.564. The second-order valence-corrected chi connectivity index (χ2v) is 3.63. The van der Waals surface area contributed by atoms with Gasteiger partial charge >= 0.3 is 0 Å². The molecule has 15 heavy (non-hydrogen) atoms. The third kappa shape index (κ3) is 2.44. The lowest BCUT2D eigenvalue weighted by Crippen LogP contribution is -1.99. The molecule has 3 N–H and O–H groups in total. The van der Waals surface area contributed by atoms with Crippen molar-refractivity contribution < 1.29 is 4.42 Å². The molecule has 2 aromatic rings. The molecule has 78 valence electrons. The maximum absolute atomic E-state index is 6.00. The average molecular weight is 223 g/mol. The topological polar surface area (TPSA) is 51.2 Å². The summed E-state index contributed by atoms with van der Waals surface area (Å²) >= 11 is 6.00. The van der Waals surface area contributed by atoms with Crippen LogP contribution in [0.25, 0.3) is 0 Å². The first-order valence-corrected chi connectivity index (χ1v) is 4.93. The van der Waals surface area contributed by atoms with Gasteiger partial charge < -0.3 is 15.5 Å². The Labute approximate surface area is 92.8 Å². The standard InChI is InChI=1S/C11H11ClN2O/c12-10-5-9(13)1-2-11(10)14-6-8-3-4-15-7-8/h1-5,7,14H,6,13H2. The van der Waals surface area contributed by atoms with Crippen molar-refractivity contribution in [3.63, 3.8) is 0 Å². The first-order valence-electron chi connectivity index (χ1n) is 4.55. The molecule has 2 rings (SSSR count). The normalized spacial score (nSPS) is 10.2. The number of furan rings is 1. The predicted molar refractivity (Wildman–Crippen MR) is 61.9 cm³/mol.